The van der Waals surface area contributed by atoms with Crippen LogP contribution < -0.4 is 10.9 Å². The van der Waals surface area contributed by atoms with Crippen molar-refractivity contribution >= 4 is 23.1 Å². The van der Waals surface area contributed by atoms with E-state index < -0.39 is 134 Å². The Bertz CT molecular complexity index is 1450. The highest BCUT2D eigenvalue weighted by Gasteiger charge is 2.38. The zero-order valence-corrected chi connectivity index (χ0v) is 21.2. The number of allylic oxidation sites excluding steroid dienone is 1. The van der Waals surface area contributed by atoms with Gasteiger partial charge in [-0.2, -0.15) is 5.47 Å². The molecule has 0 spiro atoms. The Morgan fingerprint density at radius 1 is 0.381 bits per heavy atom. The van der Waals surface area contributed by atoms with Crippen molar-refractivity contribution in [2.45, 2.75) is 39.5 Å². The van der Waals surface area contributed by atoms with E-state index in [2.05, 4.69) is 0 Å². The van der Waals surface area contributed by atoms with E-state index in [0.29, 0.717) is 0 Å². The predicted molar refractivity (Wildman–Crippen MR) is 122 cm³/mol. The van der Waals surface area contributed by atoms with Crippen LogP contribution in [0, 0.1) is 87.3 Å². The fourth-order valence-electron chi connectivity index (χ4n) is 4.96. The summed E-state index contributed by atoms with van der Waals surface area (Å²) in [5.41, 5.74) is -8.90. The van der Waals surface area contributed by atoms with Crippen molar-refractivity contribution in [2.24, 2.45) is 0 Å². The summed E-state index contributed by atoms with van der Waals surface area (Å²) >= 11 is 0. The number of hydrogen-bond acceptors (Lipinski definition) is 0. The number of rotatable bonds is 8. The summed E-state index contributed by atoms with van der Waals surface area (Å²) < 4.78 is 219. The largest absolute Gasteiger partial charge is 0.207 e. The molecule has 42 heavy (non-hydrogen) atoms. The molecule has 0 heterocycles. The minimum atomic E-state index is -4.83. The quantitative estimate of drug-likeness (QED) is 0.105. The Kier molecular flexibility index (Phi) is 9.67. The normalized spacial score (nSPS) is 11.6. The van der Waals surface area contributed by atoms with Crippen molar-refractivity contribution in [2.75, 3.05) is 0 Å². The molecule has 16 heteroatoms. The Labute approximate surface area is 227 Å². The van der Waals surface area contributed by atoms with Crippen molar-refractivity contribution in [3.63, 3.8) is 0 Å². The number of benzene rings is 3. The van der Waals surface area contributed by atoms with Crippen molar-refractivity contribution in [1.29, 1.82) is 0 Å². The van der Waals surface area contributed by atoms with Crippen LogP contribution in [-0.2, 0) is 0 Å². The molecular weight excluding hydrogens is 608 g/mol. The smallest absolute Gasteiger partial charge is 0.200 e. The molecule has 0 unspecified atom stereocenters. The molecule has 3 aromatic rings. The van der Waals surface area contributed by atoms with Gasteiger partial charge in [-0.05, 0) is 12.8 Å². The zero-order valence-electron chi connectivity index (χ0n) is 21.2. The first-order valence-corrected chi connectivity index (χ1v) is 12.0. The van der Waals surface area contributed by atoms with E-state index in [1.165, 1.54) is 13.8 Å². The molecule has 0 amide bonds. The molecule has 3 rings (SSSR count). The van der Waals surface area contributed by atoms with E-state index in [4.69, 9.17) is 0 Å². The van der Waals surface area contributed by atoms with Gasteiger partial charge in [0.2, 0.25) is 5.82 Å². The van der Waals surface area contributed by atoms with Crippen molar-refractivity contribution in [3.8, 4) is 0 Å². The van der Waals surface area contributed by atoms with Crippen LogP contribution in [0.5, 0.6) is 0 Å². The Morgan fingerprint density at radius 3 is 0.881 bits per heavy atom. The standard InChI is InChI=1S/C26H15BF15/c1-3-5-7(6-4-2)9(8-12(28)18(34)24(40)19(35)13(8)29)27(10-14(30)20(36)25(41)21(37)15(10)31)11-16(32)22(38)26(42)23(39)17(11)33/h27H,3-6H2,1-2H3/q-1. The first kappa shape index (κ1) is 32.9. The van der Waals surface area contributed by atoms with Crippen molar-refractivity contribution in [1.82, 2.24) is 0 Å². The second-order valence-electron chi connectivity index (χ2n) is 9.15. The van der Waals surface area contributed by atoms with E-state index in [-0.39, 0.29) is 12.8 Å². The minimum Gasteiger partial charge on any atom is -0.207 e. The summed E-state index contributed by atoms with van der Waals surface area (Å²) in [7, 11) is 0. The van der Waals surface area contributed by atoms with Gasteiger partial charge in [-0.3, -0.25) is 0 Å². The summed E-state index contributed by atoms with van der Waals surface area (Å²) in [4.78, 5) is 0. The van der Waals surface area contributed by atoms with Crippen LogP contribution in [0.1, 0.15) is 45.1 Å². The Balaban J connectivity index is 2.82. The van der Waals surface area contributed by atoms with Gasteiger partial charge in [0.1, 0.15) is 23.3 Å². The maximum Gasteiger partial charge on any atom is 0.200 e. The molecule has 0 N–H and O–H groups in total. The van der Waals surface area contributed by atoms with Crippen LogP contribution in [0.4, 0.5) is 65.9 Å². The van der Waals surface area contributed by atoms with Gasteiger partial charge in [-0.1, -0.05) is 26.7 Å². The number of halogens is 15. The number of hydrogen-bond donors (Lipinski definition) is 0. The maximum atomic E-state index is 15.2. The highest BCUT2D eigenvalue weighted by molar-refractivity contribution is 7.00. The average Bonchev–Trinajstić information content (AvgIpc) is 2.96. The molecule has 0 saturated heterocycles. The van der Waals surface area contributed by atoms with Crippen molar-refractivity contribution in [3.05, 3.63) is 98.4 Å². The van der Waals surface area contributed by atoms with E-state index in [1.807, 2.05) is 0 Å². The molecule has 0 saturated carbocycles. The maximum absolute atomic E-state index is 15.2. The molecule has 0 atom stereocenters. The van der Waals surface area contributed by atoms with Gasteiger partial charge in [0, 0.05) is 5.56 Å². The van der Waals surface area contributed by atoms with Gasteiger partial charge < -0.3 is 0 Å². The molecule has 0 aliphatic heterocycles. The lowest BCUT2D eigenvalue weighted by atomic mass is 9.33. The summed E-state index contributed by atoms with van der Waals surface area (Å²) in [5.74, 6) is -42.2. The first-order valence-electron chi connectivity index (χ1n) is 12.0. The highest BCUT2D eigenvalue weighted by atomic mass is 19.2. The van der Waals surface area contributed by atoms with Gasteiger partial charge in [-0.15, -0.1) is 16.5 Å². The van der Waals surface area contributed by atoms with Crippen LogP contribution in [-0.4, -0.2) is 6.71 Å². The third-order valence-corrected chi connectivity index (χ3v) is 6.70. The topological polar surface area (TPSA) is 0 Å². The predicted octanol–water partition coefficient (Wildman–Crippen LogP) is 7.71. The lowest BCUT2D eigenvalue weighted by Crippen LogP contribution is -2.52. The molecule has 0 aliphatic carbocycles. The van der Waals surface area contributed by atoms with E-state index in [9.17, 15) is 39.5 Å². The summed E-state index contributed by atoms with van der Waals surface area (Å²) in [6.45, 7) is -2.15. The van der Waals surface area contributed by atoms with Gasteiger partial charge >= 0.3 is 0 Å². The molecule has 3 aromatic carbocycles. The molecule has 228 valence electrons. The molecule has 0 nitrogen and oxygen atoms in total. The van der Waals surface area contributed by atoms with Crippen LogP contribution in [0.2, 0.25) is 0 Å². The third-order valence-electron chi connectivity index (χ3n) is 6.70. The second kappa shape index (κ2) is 12.3. The molecule has 0 bridgehead atoms. The van der Waals surface area contributed by atoms with Crippen LogP contribution in [0.3, 0.4) is 0 Å². The molecule has 0 aromatic heterocycles. The minimum absolute atomic E-state index is 0.116. The third kappa shape index (κ3) is 5.12. The fraction of sp³-hybridized carbons (Fsp3) is 0.231. The molecule has 0 fully saturated rings. The second-order valence-corrected chi connectivity index (χ2v) is 9.15. The summed E-state index contributed by atoms with van der Waals surface area (Å²) in [6.07, 6.45) is -1.27. The zero-order chi connectivity index (χ0) is 32.0. The first-order chi connectivity index (χ1) is 19.6. The molecular formula is C26H15BF15-. The van der Waals surface area contributed by atoms with Crippen molar-refractivity contribution < 1.29 is 65.9 Å². The lowest BCUT2D eigenvalue weighted by molar-refractivity contribution is 0.376. The molecule has 0 aliphatic rings. The van der Waals surface area contributed by atoms with E-state index in [0.717, 1.165) is 0 Å². The van der Waals surface area contributed by atoms with Gasteiger partial charge in [0.25, 0.3) is 0 Å². The highest BCUT2D eigenvalue weighted by Crippen LogP contribution is 2.36. The summed E-state index contributed by atoms with van der Waals surface area (Å²) in [5, 5.41) is 0. The van der Waals surface area contributed by atoms with Crippen LogP contribution in [0.15, 0.2) is 5.57 Å². The van der Waals surface area contributed by atoms with Gasteiger partial charge in [0.05, 0.1) is 6.71 Å². The van der Waals surface area contributed by atoms with E-state index >= 15 is 26.3 Å². The fourth-order valence-corrected chi connectivity index (χ4v) is 4.96. The van der Waals surface area contributed by atoms with Gasteiger partial charge in [0.15, 0.2) is 58.2 Å². The monoisotopic (exact) mass is 623 g/mol. The lowest BCUT2D eigenvalue weighted by Gasteiger charge is -2.34. The van der Waals surface area contributed by atoms with E-state index in [1.54, 1.807) is 0 Å². The van der Waals surface area contributed by atoms with Gasteiger partial charge in [-0.25, -0.2) is 65.9 Å². The Hall–Kier alpha value is -3.59. The molecule has 0 radical (unpaired) electrons. The average molecular weight is 623 g/mol. The van der Waals surface area contributed by atoms with Crippen LogP contribution >= 0.6 is 0 Å². The summed E-state index contributed by atoms with van der Waals surface area (Å²) in [6, 6.07) is 0. The van der Waals surface area contributed by atoms with Crippen LogP contribution in [0.25, 0.3) is 5.47 Å². The Morgan fingerprint density at radius 2 is 0.619 bits per heavy atom. The SMILES string of the molecule is CCCC(CCC)=C([BH-](c1c(F)c(F)c(F)c(F)c1F)c1c(F)c(F)c(F)c(F)c1F)c1c(F)c(F)c(F)c(F)c1F.